The molecule has 0 aliphatic carbocycles. The van der Waals surface area contributed by atoms with E-state index in [0.29, 0.717) is 0 Å². The number of rotatable bonds is 0. The van der Waals surface area contributed by atoms with Gasteiger partial charge >= 0.3 is 59.1 Å². The first-order chi connectivity index (χ1) is 2.00. The standard InChI is InChI=1S/CCl3.Sn.3H/c2-1(3)4;;;;. The van der Waals surface area contributed by atoms with Gasteiger partial charge in [-0.1, -0.05) is 0 Å². The second-order valence-electron chi connectivity index (χ2n) is 0.781. The van der Waals surface area contributed by atoms with E-state index in [9.17, 15) is 0 Å². The molecule has 0 aromatic heterocycles. The van der Waals surface area contributed by atoms with Gasteiger partial charge in [-0.05, 0) is 0 Å². The summed E-state index contributed by atoms with van der Waals surface area (Å²) < 4.78 is -0.873. The summed E-state index contributed by atoms with van der Waals surface area (Å²) in [5, 5.41) is 0. The van der Waals surface area contributed by atoms with Crippen LogP contribution in [0, 0.1) is 0 Å². The van der Waals surface area contributed by atoms with E-state index in [4.69, 9.17) is 34.8 Å². The molecule has 0 amide bonds. The van der Waals surface area contributed by atoms with Crippen LogP contribution in [0.5, 0.6) is 0 Å². The van der Waals surface area contributed by atoms with Crippen molar-refractivity contribution in [3.8, 4) is 0 Å². The third-order valence-corrected chi connectivity index (χ3v) is 0. The Bertz CT molecular complexity index is 22.4. The van der Waals surface area contributed by atoms with Crippen molar-refractivity contribution in [1.29, 1.82) is 0 Å². The molecule has 4 heteroatoms. The first kappa shape index (κ1) is 6.67. The first-order valence-corrected chi connectivity index (χ1v) is 5.05. The van der Waals surface area contributed by atoms with Gasteiger partial charge in [-0.3, -0.25) is 0 Å². The minimum atomic E-state index is -0.873. The Morgan fingerprint density at radius 2 is 1.20 bits per heavy atom. The molecule has 0 aliphatic heterocycles. The minimum absolute atomic E-state index is 0.154. The van der Waals surface area contributed by atoms with Crippen LogP contribution >= 0.6 is 34.8 Å². The van der Waals surface area contributed by atoms with E-state index >= 15 is 0 Å². The molecule has 0 bridgehead atoms. The van der Waals surface area contributed by atoms with E-state index in [2.05, 4.69) is 0 Å². The third-order valence-electron chi connectivity index (χ3n) is 0. The molecule has 0 nitrogen and oxygen atoms in total. The molecule has 0 saturated carbocycles. The molecule has 0 unspecified atom stereocenters. The molecule has 0 rings (SSSR count). The molecule has 5 heavy (non-hydrogen) atoms. The van der Waals surface area contributed by atoms with Crippen LogP contribution in [0.3, 0.4) is 0 Å². The van der Waals surface area contributed by atoms with E-state index in [-0.39, 0.29) is 22.5 Å². The number of halogens is 3. The SMILES string of the molecule is Cl[C](Cl)(Cl)[SnH3]. The molecular formula is CH3Cl3Sn. The van der Waals surface area contributed by atoms with Gasteiger partial charge in [0.1, 0.15) is 0 Å². The summed E-state index contributed by atoms with van der Waals surface area (Å²) in [5.74, 6) is 0. The van der Waals surface area contributed by atoms with Crippen molar-refractivity contribution in [2.45, 2.75) is 1.81 Å². The summed E-state index contributed by atoms with van der Waals surface area (Å²) in [7, 11) is 0. The summed E-state index contributed by atoms with van der Waals surface area (Å²) in [4.78, 5) is 0. The van der Waals surface area contributed by atoms with Gasteiger partial charge in [-0.25, -0.2) is 0 Å². The maximum absolute atomic E-state index is 5.15. The topological polar surface area (TPSA) is 0 Å². The normalized spacial score (nSPS) is 12.6. The molecule has 0 heterocycles. The van der Waals surface area contributed by atoms with Gasteiger partial charge in [0, 0.05) is 0 Å². The Labute approximate surface area is 58.9 Å². The Hall–Kier alpha value is 1.67. The zero-order valence-electron chi connectivity index (χ0n) is 2.63. The van der Waals surface area contributed by atoms with Crippen LogP contribution in [-0.2, 0) is 0 Å². The number of hydrogen-bond donors (Lipinski definition) is 0. The predicted molar refractivity (Wildman–Crippen MR) is 30.2 cm³/mol. The van der Waals surface area contributed by atoms with Crippen molar-refractivity contribution in [3.05, 3.63) is 0 Å². The molecule has 0 aromatic carbocycles. The monoisotopic (exact) mass is 240 g/mol. The van der Waals surface area contributed by atoms with Crippen LogP contribution in [0.4, 0.5) is 0 Å². The van der Waals surface area contributed by atoms with Crippen molar-refractivity contribution in [2.75, 3.05) is 0 Å². The van der Waals surface area contributed by atoms with Crippen molar-refractivity contribution in [2.24, 2.45) is 0 Å². The van der Waals surface area contributed by atoms with Crippen LogP contribution < -0.4 is 0 Å². The summed E-state index contributed by atoms with van der Waals surface area (Å²) in [5.41, 5.74) is 0. The van der Waals surface area contributed by atoms with E-state index in [1.54, 1.807) is 0 Å². The summed E-state index contributed by atoms with van der Waals surface area (Å²) >= 11 is 15.6. The van der Waals surface area contributed by atoms with Crippen molar-refractivity contribution < 1.29 is 0 Å². The molecule has 0 saturated heterocycles. The summed E-state index contributed by atoms with van der Waals surface area (Å²) in [6, 6.07) is 0. The fraction of sp³-hybridized carbons (Fsp3) is 1.00. The second kappa shape index (κ2) is 2.10. The van der Waals surface area contributed by atoms with Crippen molar-refractivity contribution in [3.63, 3.8) is 0 Å². The van der Waals surface area contributed by atoms with Gasteiger partial charge in [-0.15, -0.1) is 0 Å². The number of alkyl halides is 3. The van der Waals surface area contributed by atoms with Gasteiger partial charge in [0.05, 0.1) is 0 Å². The Balaban J connectivity index is 3.02. The summed E-state index contributed by atoms with van der Waals surface area (Å²) in [6.07, 6.45) is 0. The molecule has 0 fully saturated rings. The van der Waals surface area contributed by atoms with Gasteiger partial charge in [0.25, 0.3) is 0 Å². The molecule has 0 radical (unpaired) electrons. The fourth-order valence-electron chi connectivity index (χ4n) is 0. The zero-order valence-corrected chi connectivity index (χ0v) is 10.6. The second-order valence-corrected chi connectivity index (χ2v) is 13.3. The fourth-order valence-corrected chi connectivity index (χ4v) is 0. The summed E-state index contributed by atoms with van der Waals surface area (Å²) in [6.45, 7) is 0. The maximum atomic E-state index is 5.15. The van der Waals surface area contributed by atoms with Crippen molar-refractivity contribution in [1.82, 2.24) is 0 Å². The molecule has 0 atom stereocenters. The average molecular weight is 240 g/mol. The van der Waals surface area contributed by atoms with Crippen LogP contribution in [0.2, 0.25) is 0 Å². The van der Waals surface area contributed by atoms with Gasteiger partial charge in [0.15, 0.2) is 0 Å². The third kappa shape index (κ3) is 27.4. The molecule has 0 aromatic rings. The van der Waals surface area contributed by atoms with E-state index in [1.807, 2.05) is 0 Å². The van der Waals surface area contributed by atoms with Crippen LogP contribution in [0.1, 0.15) is 0 Å². The molecule has 0 spiro atoms. The predicted octanol–water partition coefficient (Wildman–Crippen LogP) is 0.679. The van der Waals surface area contributed by atoms with Gasteiger partial charge in [-0.2, -0.15) is 0 Å². The van der Waals surface area contributed by atoms with Crippen LogP contribution in [-0.4, -0.2) is 24.3 Å². The number of hydrogen-bond acceptors (Lipinski definition) is 0. The Morgan fingerprint density at radius 3 is 1.20 bits per heavy atom. The van der Waals surface area contributed by atoms with Crippen molar-refractivity contribution >= 4 is 57.3 Å². The van der Waals surface area contributed by atoms with Gasteiger partial charge in [0.2, 0.25) is 0 Å². The van der Waals surface area contributed by atoms with Gasteiger partial charge < -0.3 is 0 Å². The molecule has 0 N–H and O–H groups in total. The zero-order chi connectivity index (χ0) is 4.50. The van der Waals surface area contributed by atoms with E-state index in [0.717, 1.165) is 0 Å². The first-order valence-electron chi connectivity index (χ1n) is 1.07. The molecule has 32 valence electrons. The Kier molecular flexibility index (Phi) is 2.80. The van der Waals surface area contributed by atoms with E-state index in [1.165, 1.54) is 0 Å². The quantitative estimate of drug-likeness (QED) is 0.431. The van der Waals surface area contributed by atoms with Crippen LogP contribution in [0.15, 0.2) is 0 Å². The Morgan fingerprint density at radius 1 is 1.20 bits per heavy atom. The molecule has 0 aliphatic rings. The molecular weight excluding hydrogens is 237 g/mol. The van der Waals surface area contributed by atoms with Crippen LogP contribution in [0.25, 0.3) is 0 Å². The van der Waals surface area contributed by atoms with E-state index < -0.39 is 1.81 Å². The average Bonchev–Trinajstić information content (AvgIpc) is 0.722.